The maximum absolute atomic E-state index is 6.08. The van der Waals surface area contributed by atoms with E-state index in [4.69, 9.17) is 4.74 Å². The van der Waals surface area contributed by atoms with Gasteiger partial charge in [0.15, 0.2) is 0 Å². The first kappa shape index (κ1) is 15.0. The minimum Gasteiger partial charge on any atom is -0.372 e. The Morgan fingerprint density at radius 1 is 1.29 bits per heavy atom. The van der Waals surface area contributed by atoms with Crippen LogP contribution in [0.3, 0.4) is 0 Å². The third-order valence-electron chi connectivity index (χ3n) is 3.71. The molecule has 1 rings (SSSR count). The fourth-order valence-electron chi connectivity index (χ4n) is 2.59. The van der Waals surface area contributed by atoms with Crippen molar-refractivity contribution in [3.8, 4) is 0 Å². The Hall–Kier alpha value is -0.0800. The minimum absolute atomic E-state index is 0.119. The lowest BCUT2D eigenvalue weighted by molar-refractivity contribution is -0.0247. The van der Waals surface area contributed by atoms with Crippen molar-refractivity contribution in [2.45, 2.75) is 72.0 Å². The smallest absolute Gasteiger partial charge is 0.0631 e. The molecule has 0 aromatic rings. The van der Waals surface area contributed by atoms with Crippen molar-refractivity contribution in [3.63, 3.8) is 0 Å². The van der Waals surface area contributed by atoms with Crippen LogP contribution in [0.4, 0.5) is 0 Å². The highest BCUT2D eigenvalue weighted by atomic mass is 16.5. The van der Waals surface area contributed by atoms with Crippen LogP contribution >= 0.6 is 0 Å². The van der Waals surface area contributed by atoms with Crippen molar-refractivity contribution in [2.24, 2.45) is 11.8 Å². The highest BCUT2D eigenvalue weighted by Crippen LogP contribution is 2.32. The van der Waals surface area contributed by atoms with Crippen molar-refractivity contribution >= 4 is 0 Å². The molecule has 0 aromatic carbocycles. The van der Waals surface area contributed by atoms with Gasteiger partial charge in [0, 0.05) is 0 Å². The molecule has 1 heterocycles. The van der Waals surface area contributed by atoms with Gasteiger partial charge >= 0.3 is 0 Å². The highest BCUT2D eigenvalue weighted by Gasteiger charge is 2.32. The second-order valence-corrected chi connectivity index (χ2v) is 6.60. The van der Waals surface area contributed by atoms with E-state index in [2.05, 4.69) is 39.9 Å². The number of hydrogen-bond acceptors (Lipinski definition) is 2. The van der Waals surface area contributed by atoms with Crippen LogP contribution in [0.2, 0.25) is 0 Å². The van der Waals surface area contributed by atoms with Crippen molar-refractivity contribution < 1.29 is 4.74 Å². The SMILES string of the molecule is CCC(CNCC(C)C)CC1CCC(C)(C)O1. The summed E-state index contributed by atoms with van der Waals surface area (Å²) in [6.45, 7) is 13.5. The minimum atomic E-state index is 0.119. The van der Waals surface area contributed by atoms with Crippen LogP contribution in [-0.4, -0.2) is 24.8 Å². The van der Waals surface area contributed by atoms with E-state index in [1.807, 2.05) is 0 Å². The van der Waals surface area contributed by atoms with Crippen LogP contribution in [0.25, 0.3) is 0 Å². The maximum atomic E-state index is 6.08. The summed E-state index contributed by atoms with van der Waals surface area (Å²) in [6, 6.07) is 0. The van der Waals surface area contributed by atoms with Gasteiger partial charge in [-0.25, -0.2) is 0 Å². The zero-order chi connectivity index (χ0) is 12.9. The molecule has 1 aliphatic heterocycles. The molecule has 2 heteroatoms. The Morgan fingerprint density at radius 3 is 2.47 bits per heavy atom. The lowest BCUT2D eigenvalue weighted by Gasteiger charge is -2.23. The molecule has 0 bridgehead atoms. The summed E-state index contributed by atoms with van der Waals surface area (Å²) in [6.07, 6.45) is 5.44. The lowest BCUT2D eigenvalue weighted by Crippen LogP contribution is -2.29. The molecule has 0 spiro atoms. The molecule has 0 radical (unpaired) electrons. The summed E-state index contributed by atoms with van der Waals surface area (Å²) >= 11 is 0. The van der Waals surface area contributed by atoms with E-state index in [1.165, 1.54) is 25.7 Å². The van der Waals surface area contributed by atoms with Gasteiger partial charge in [-0.05, 0) is 58.0 Å². The van der Waals surface area contributed by atoms with Gasteiger partial charge in [-0.15, -0.1) is 0 Å². The second kappa shape index (κ2) is 6.75. The Morgan fingerprint density at radius 2 is 2.00 bits per heavy atom. The third-order valence-corrected chi connectivity index (χ3v) is 3.71. The van der Waals surface area contributed by atoms with E-state index in [0.29, 0.717) is 6.10 Å². The van der Waals surface area contributed by atoms with E-state index < -0.39 is 0 Å². The van der Waals surface area contributed by atoms with E-state index in [-0.39, 0.29) is 5.60 Å². The number of rotatable bonds is 7. The van der Waals surface area contributed by atoms with Crippen LogP contribution in [0.1, 0.15) is 60.3 Å². The Kier molecular flexibility index (Phi) is 5.94. The molecular weight excluding hydrogens is 210 g/mol. The third kappa shape index (κ3) is 5.87. The maximum Gasteiger partial charge on any atom is 0.0631 e. The van der Waals surface area contributed by atoms with Gasteiger partial charge in [-0.3, -0.25) is 0 Å². The molecule has 0 aromatic heterocycles. The van der Waals surface area contributed by atoms with Gasteiger partial charge in [0.2, 0.25) is 0 Å². The molecule has 2 unspecified atom stereocenters. The van der Waals surface area contributed by atoms with Gasteiger partial charge in [-0.1, -0.05) is 27.2 Å². The summed E-state index contributed by atoms with van der Waals surface area (Å²) in [5, 5.41) is 3.57. The van der Waals surface area contributed by atoms with Gasteiger partial charge in [0.25, 0.3) is 0 Å². The summed E-state index contributed by atoms with van der Waals surface area (Å²) in [7, 11) is 0. The predicted molar refractivity (Wildman–Crippen MR) is 74.3 cm³/mol. The van der Waals surface area contributed by atoms with Crippen molar-refractivity contribution in [1.82, 2.24) is 5.32 Å². The fourth-order valence-corrected chi connectivity index (χ4v) is 2.59. The Bertz CT molecular complexity index is 213. The average molecular weight is 241 g/mol. The molecule has 0 amide bonds. The first-order valence-electron chi connectivity index (χ1n) is 7.31. The molecular formula is C15H31NO. The van der Waals surface area contributed by atoms with Crippen LogP contribution in [0, 0.1) is 11.8 Å². The highest BCUT2D eigenvalue weighted by molar-refractivity contribution is 4.82. The number of ether oxygens (including phenoxy) is 1. The topological polar surface area (TPSA) is 21.3 Å². The van der Waals surface area contributed by atoms with Gasteiger partial charge in [0.05, 0.1) is 11.7 Å². The van der Waals surface area contributed by atoms with Gasteiger partial charge < -0.3 is 10.1 Å². The number of hydrogen-bond donors (Lipinski definition) is 1. The van der Waals surface area contributed by atoms with Gasteiger partial charge in [0.1, 0.15) is 0 Å². The summed E-state index contributed by atoms with van der Waals surface area (Å²) < 4.78 is 6.08. The molecule has 102 valence electrons. The van der Waals surface area contributed by atoms with Gasteiger partial charge in [-0.2, -0.15) is 0 Å². The monoisotopic (exact) mass is 241 g/mol. The molecule has 0 saturated carbocycles. The Labute approximate surface area is 108 Å². The molecule has 1 saturated heterocycles. The van der Waals surface area contributed by atoms with Crippen molar-refractivity contribution in [1.29, 1.82) is 0 Å². The standard InChI is InChI=1S/C15H31NO/c1-6-13(11-16-10-12(2)3)9-14-7-8-15(4,5)17-14/h12-14,16H,6-11H2,1-5H3. The van der Waals surface area contributed by atoms with E-state index in [1.54, 1.807) is 0 Å². The zero-order valence-electron chi connectivity index (χ0n) is 12.4. The number of nitrogens with one attached hydrogen (secondary N) is 1. The molecule has 1 fully saturated rings. The first-order valence-corrected chi connectivity index (χ1v) is 7.31. The van der Waals surface area contributed by atoms with Crippen LogP contribution in [-0.2, 0) is 4.74 Å². The van der Waals surface area contributed by atoms with Crippen molar-refractivity contribution in [2.75, 3.05) is 13.1 Å². The molecule has 0 aliphatic carbocycles. The zero-order valence-corrected chi connectivity index (χ0v) is 12.4. The van der Waals surface area contributed by atoms with Crippen LogP contribution in [0.5, 0.6) is 0 Å². The predicted octanol–water partition coefficient (Wildman–Crippen LogP) is 3.61. The molecule has 1 aliphatic rings. The van der Waals surface area contributed by atoms with E-state index in [9.17, 15) is 0 Å². The van der Waals surface area contributed by atoms with E-state index >= 15 is 0 Å². The summed E-state index contributed by atoms with van der Waals surface area (Å²) in [4.78, 5) is 0. The van der Waals surface area contributed by atoms with E-state index in [0.717, 1.165) is 24.9 Å². The first-order chi connectivity index (χ1) is 7.93. The second-order valence-electron chi connectivity index (χ2n) is 6.60. The molecule has 1 N–H and O–H groups in total. The summed E-state index contributed by atoms with van der Waals surface area (Å²) in [5.41, 5.74) is 0.119. The summed E-state index contributed by atoms with van der Waals surface area (Å²) in [5.74, 6) is 1.52. The average Bonchev–Trinajstić information content (AvgIpc) is 2.56. The molecule has 2 nitrogen and oxygen atoms in total. The lowest BCUT2D eigenvalue weighted by atomic mass is 9.96. The largest absolute Gasteiger partial charge is 0.372 e. The van der Waals surface area contributed by atoms with Crippen molar-refractivity contribution in [3.05, 3.63) is 0 Å². The Balaban J connectivity index is 2.23. The molecule has 2 atom stereocenters. The molecule has 17 heavy (non-hydrogen) atoms. The fraction of sp³-hybridized carbons (Fsp3) is 1.00. The normalized spacial score (nSPS) is 25.4. The quantitative estimate of drug-likeness (QED) is 0.735. The van der Waals surface area contributed by atoms with Crippen LogP contribution in [0.15, 0.2) is 0 Å². The van der Waals surface area contributed by atoms with Crippen LogP contribution < -0.4 is 5.32 Å².